The first-order valence-electron chi connectivity index (χ1n) is 9.92. The molecule has 2 heterocycles. The third kappa shape index (κ3) is 4.39. The molecule has 1 aromatic carbocycles. The van der Waals surface area contributed by atoms with E-state index in [0.29, 0.717) is 17.1 Å². The second kappa shape index (κ2) is 9.61. The van der Waals surface area contributed by atoms with E-state index in [1.807, 2.05) is 13.8 Å². The van der Waals surface area contributed by atoms with E-state index in [0.717, 1.165) is 0 Å². The molecule has 1 saturated heterocycles. The summed E-state index contributed by atoms with van der Waals surface area (Å²) in [6.45, 7) is 4.23. The minimum Gasteiger partial charge on any atom is -0.506 e. The number of Topliss-reactive ketones (excluding diaryl/α,β-unsaturated/α-hetero) is 1. The number of hydrogen-bond acceptors (Lipinski definition) is 7. The minimum atomic E-state index is -0.798. The third-order valence-electron chi connectivity index (χ3n) is 5.01. The zero-order valence-corrected chi connectivity index (χ0v) is 18.0. The Kier molecular flexibility index (Phi) is 6.91. The molecular formula is C23H26N2O6. The summed E-state index contributed by atoms with van der Waals surface area (Å²) in [4.78, 5) is 31.4. The molecule has 1 amide bonds. The van der Waals surface area contributed by atoms with Gasteiger partial charge in [0.1, 0.15) is 22.8 Å². The molecule has 1 aromatic heterocycles. The van der Waals surface area contributed by atoms with Gasteiger partial charge in [0.15, 0.2) is 0 Å². The molecule has 8 nitrogen and oxygen atoms in total. The maximum atomic E-state index is 13.1. The molecule has 164 valence electrons. The number of nitrogens with zero attached hydrogens (tertiary/aromatic N) is 2. The Balaban J connectivity index is 2.17. The van der Waals surface area contributed by atoms with Crippen LogP contribution < -0.4 is 9.47 Å². The van der Waals surface area contributed by atoms with Crippen LogP contribution in [0, 0.1) is 0 Å². The Morgan fingerprint density at radius 1 is 1.10 bits per heavy atom. The zero-order valence-electron chi connectivity index (χ0n) is 18.0. The lowest BCUT2D eigenvalue weighted by Crippen LogP contribution is -2.33. The van der Waals surface area contributed by atoms with Crippen LogP contribution in [0.25, 0.3) is 5.76 Å². The SMILES string of the molecule is COc1cccc(OC)c1/C(O)=C1\C(=O)C(=O)N(CCOC(C)C)C1c1ccncc1. The van der Waals surface area contributed by atoms with Gasteiger partial charge in [-0.3, -0.25) is 14.6 Å². The van der Waals surface area contributed by atoms with Gasteiger partial charge in [0.25, 0.3) is 11.7 Å². The number of aliphatic hydroxyl groups is 1. The Morgan fingerprint density at radius 2 is 1.71 bits per heavy atom. The summed E-state index contributed by atoms with van der Waals surface area (Å²) in [5.74, 6) is -1.21. The lowest BCUT2D eigenvalue weighted by Gasteiger charge is -2.25. The number of ether oxygens (including phenoxy) is 3. The molecule has 1 fully saturated rings. The van der Waals surface area contributed by atoms with Gasteiger partial charge in [-0.2, -0.15) is 0 Å². The lowest BCUT2D eigenvalue weighted by atomic mass is 9.95. The highest BCUT2D eigenvalue weighted by Gasteiger charge is 2.46. The number of aromatic nitrogens is 1. The molecule has 1 N–H and O–H groups in total. The molecule has 31 heavy (non-hydrogen) atoms. The number of carbonyl (C=O) groups is 2. The highest BCUT2D eigenvalue weighted by atomic mass is 16.5. The van der Waals surface area contributed by atoms with Crippen LogP contribution in [0.5, 0.6) is 11.5 Å². The van der Waals surface area contributed by atoms with Gasteiger partial charge in [0, 0.05) is 18.9 Å². The van der Waals surface area contributed by atoms with E-state index in [1.54, 1.807) is 42.7 Å². The molecule has 3 rings (SSSR count). The second-order valence-electron chi connectivity index (χ2n) is 7.23. The topological polar surface area (TPSA) is 98.2 Å². The summed E-state index contributed by atoms with van der Waals surface area (Å²) in [6, 6.07) is 7.61. The number of aliphatic hydroxyl groups excluding tert-OH is 1. The number of hydrogen-bond donors (Lipinski definition) is 1. The van der Waals surface area contributed by atoms with E-state index >= 15 is 0 Å². The predicted octanol–water partition coefficient (Wildman–Crippen LogP) is 2.95. The van der Waals surface area contributed by atoms with Crippen LogP contribution in [0.4, 0.5) is 0 Å². The number of carbonyl (C=O) groups excluding carboxylic acids is 2. The number of benzene rings is 1. The molecule has 0 bridgehead atoms. The van der Waals surface area contributed by atoms with E-state index in [1.165, 1.54) is 19.1 Å². The Hall–Kier alpha value is -3.39. The predicted molar refractivity (Wildman–Crippen MR) is 114 cm³/mol. The molecule has 2 aromatic rings. The van der Waals surface area contributed by atoms with Gasteiger partial charge in [-0.1, -0.05) is 6.07 Å². The van der Waals surface area contributed by atoms with Crippen LogP contribution in [0.15, 0.2) is 48.3 Å². The van der Waals surface area contributed by atoms with Crippen molar-refractivity contribution in [3.05, 3.63) is 59.4 Å². The van der Waals surface area contributed by atoms with Gasteiger partial charge >= 0.3 is 0 Å². The molecule has 1 aliphatic rings. The van der Waals surface area contributed by atoms with Crippen molar-refractivity contribution in [2.75, 3.05) is 27.4 Å². The molecule has 8 heteroatoms. The fourth-order valence-electron chi connectivity index (χ4n) is 3.61. The van der Waals surface area contributed by atoms with Gasteiger partial charge in [-0.05, 0) is 43.7 Å². The van der Waals surface area contributed by atoms with Gasteiger partial charge in [0.2, 0.25) is 0 Å². The molecule has 1 atom stereocenters. The average Bonchev–Trinajstić information content (AvgIpc) is 3.03. The summed E-state index contributed by atoms with van der Waals surface area (Å²) >= 11 is 0. The quantitative estimate of drug-likeness (QED) is 0.394. The highest BCUT2D eigenvalue weighted by molar-refractivity contribution is 6.46. The summed E-state index contributed by atoms with van der Waals surface area (Å²) < 4.78 is 16.3. The zero-order chi connectivity index (χ0) is 22.5. The molecule has 0 aliphatic carbocycles. The maximum absolute atomic E-state index is 13.1. The largest absolute Gasteiger partial charge is 0.506 e. The third-order valence-corrected chi connectivity index (χ3v) is 5.01. The Bertz CT molecular complexity index is 965. The Morgan fingerprint density at radius 3 is 2.26 bits per heavy atom. The van der Waals surface area contributed by atoms with Gasteiger partial charge < -0.3 is 24.2 Å². The standard InChI is InChI=1S/C23H26N2O6/c1-14(2)31-13-12-25-20(15-8-10-24-11-9-15)19(22(27)23(25)28)21(26)18-16(29-3)6-5-7-17(18)30-4/h5-11,14,20,26H,12-13H2,1-4H3/b21-19+. The fraction of sp³-hybridized carbons (Fsp3) is 0.348. The highest BCUT2D eigenvalue weighted by Crippen LogP contribution is 2.43. The van der Waals surface area contributed by atoms with Crippen LogP contribution in [-0.2, 0) is 14.3 Å². The number of pyridine rings is 1. The monoisotopic (exact) mass is 426 g/mol. The van der Waals surface area contributed by atoms with Gasteiger partial charge in [0.05, 0.1) is 38.5 Å². The fourth-order valence-corrected chi connectivity index (χ4v) is 3.61. The minimum absolute atomic E-state index is 0.0194. The van der Waals surface area contributed by atoms with Crippen molar-refractivity contribution >= 4 is 17.4 Å². The van der Waals surface area contributed by atoms with Crippen LogP contribution in [0.3, 0.4) is 0 Å². The number of ketones is 1. The normalized spacial score (nSPS) is 18.0. The number of methoxy groups -OCH3 is 2. The van der Waals surface area contributed by atoms with E-state index in [4.69, 9.17) is 14.2 Å². The van der Waals surface area contributed by atoms with Crippen LogP contribution in [0.2, 0.25) is 0 Å². The summed E-state index contributed by atoms with van der Waals surface area (Å²) in [5.41, 5.74) is 0.820. The lowest BCUT2D eigenvalue weighted by molar-refractivity contribution is -0.140. The van der Waals surface area contributed by atoms with E-state index < -0.39 is 17.7 Å². The van der Waals surface area contributed by atoms with Gasteiger partial charge in [-0.25, -0.2) is 0 Å². The number of amides is 1. The smallest absolute Gasteiger partial charge is 0.295 e. The van der Waals surface area contributed by atoms with E-state index in [-0.39, 0.29) is 36.2 Å². The maximum Gasteiger partial charge on any atom is 0.295 e. The summed E-state index contributed by atoms with van der Waals surface area (Å²) in [7, 11) is 2.90. The van der Waals surface area contributed by atoms with Crippen molar-refractivity contribution < 1.29 is 28.9 Å². The summed E-state index contributed by atoms with van der Waals surface area (Å²) in [6.07, 6.45) is 3.13. The van der Waals surface area contributed by atoms with Gasteiger partial charge in [-0.15, -0.1) is 0 Å². The number of rotatable bonds is 8. The second-order valence-corrected chi connectivity index (χ2v) is 7.23. The molecule has 1 unspecified atom stereocenters. The van der Waals surface area contributed by atoms with E-state index in [9.17, 15) is 14.7 Å². The van der Waals surface area contributed by atoms with Crippen LogP contribution in [0.1, 0.15) is 31.0 Å². The first kappa shape index (κ1) is 22.3. The van der Waals surface area contributed by atoms with Crippen molar-refractivity contribution in [1.29, 1.82) is 0 Å². The molecule has 0 radical (unpaired) electrons. The van der Waals surface area contributed by atoms with Crippen molar-refractivity contribution in [2.45, 2.75) is 26.0 Å². The average molecular weight is 426 g/mol. The summed E-state index contributed by atoms with van der Waals surface area (Å²) in [5, 5.41) is 11.3. The Labute approximate surface area is 181 Å². The van der Waals surface area contributed by atoms with Crippen LogP contribution >= 0.6 is 0 Å². The van der Waals surface area contributed by atoms with Crippen molar-refractivity contribution in [3.8, 4) is 11.5 Å². The van der Waals surface area contributed by atoms with E-state index in [2.05, 4.69) is 4.98 Å². The molecule has 0 spiro atoms. The molecular weight excluding hydrogens is 400 g/mol. The molecule has 1 aliphatic heterocycles. The molecule has 0 saturated carbocycles. The van der Waals surface area contributed by atoms with Crippen molar-refractivity contribution in [3.63, 3.8) is 0 Å². The van der Waals surface area contributed by atoms with Crippen LogP contribution in [-0.4, -0.2) is 60.2 Å². The number of likely N-dealkylation sites (tertiary alicyclic amines) is 1. The first-order chi connectivity index (χ1) is 14.9. The van der Waals surface area contributed by atoms with Crippen molar-refractivity contribution in [1.82, 2.24) is 9.88 Å². The first-order valence-corrected chi connectivity index (χ1v) is 9.92. The van der Waals surface area contributed by atoms with Crippen molar-refractivity contribution in [2.24, 2.45) is 0 Å².